The second-order valence-electron chi connectivity index (χ2n) is 5.24. The number of likely N-dealkylation sites (tertiary alicyclic amines) is 1. The summed E-state index contributed by atoms with van der Waals surface area (Å²) in [6.45, 7) is 4.48. The van der Waals surface area contributed by atoms with Gasteiger partial charge in [0.1, 0.15) is 0 Å². The summed E-state index contributed by atoms with van der Waals surface area (Å²) >= 11 is 0. The number of anilines is 1. The van der Waals surface area contributed by atoms with Crippen molar-refractivity contribution in [2.24, 2.45) is 5.92 Å². The van der Waals surface area contributed by atoms with E-state index in [1.807, 2.05) is 19.3 Å². The lowest BCUT2D eigenvalue weighted by Gasteiger charge is -2.20. The van der Waals surface area contributed by atoms with E-state index in [4.69, 9.17) is 0 Å². The lowest BCUT2D eigenvalue weighted by molar-refractivity contribution is 0.265. The van der Waals surface area contributed by atoms with Gasteiger partial charge in [0.25, 0.3) is 0 Å². The minimum absolute atomic E-state index is 0.696. The third-order valence-corrected chi connectivity index (χ3v) is 3.43. The zero-order chi connectivity index (χ0) is 13.0. The van der Waals surface area contributed by atoms with Crippen LogP contribution in [-0.2, 0) is 6.54 Å². The van der Waals surface area contributed by atoms with Crippen LogP contribution in [0.4, 0.5) is 5.95 Å². The molecule has 0 saturated carbocycles. The lowest BCUT2D eigenvalue weighted by atomic mass is 10.1. The van der Waals surface area contributed by atoms with Gasteiger partial charge in [-0.3, -0.25) is 0 Å². The van der Waals surface area contributed by atoms with Gasteiger partial charge in [0, 0.05) is 32.9 Å². The van der Waals surface area contributed by atoms with Gasteiger partial charge in [0.2, 0.25) is 5.95 Å². The smallest absolute Gasteiger partial charge is 0.222 e. The quantitative estimate of drug-likeness (QED) is 0.840. The first-order chi connectivity index (χ1) is 8.67. The highest BCUT2D eigenvalue weighted by atomic mass is 15.2. The van der Waals surface area contributed by atoms with E-state index in [0.717, 1.165) is 24.7 Å². The van der Waals surface area contributed by atoms with Crippen LogP contribution >= 0.6 is 0 Å². The molecule has 1 aliphatic heterocycles. The Bertz CT molecular complexity index is 381. The van der Waals surface area contributed by atoms with Gasteiger partial charge in [-0.15, -0.1) is 0 Å². The number of rotatable bonds is 5. The monoisotopic (exact) mass is 249 g/mol. The highest BCUT2D eigenvalue weighted by Gasteiger charge is 2.20. The molecule has 1 aromatic rings. The fourth-order valence-corrected chi connectivity index (χ4v) is 2.56. The first kappa shape index (κ1) is 13.2. The summed E-state index contributed by atoms with van der Waals surface area (Å²) in [5.41, 5.74) is 1.07. The Kier molecular flexibility index (Phi) is 4.49. The largest absolute Gasteiger partial charge is 0.357 e. The number of aromatic nitrogens is 2. The molecule has 1 saturated heterocycles. The maximum atomic E-state index is 4.45. The van der Waals surface area contributed by atoms with E-state index < -0.39 is 0 Å². The molecule has 0 aromatic carbocycles. The average molecular weight is 249 g/mol. The summed E-state index contributed by atoms with van der Waals surface area (Å²) in [6, 6.07) is 1.98. The van der Waals surface area contributed by atoms with E-state index in [1.54, 1.807) is 0 Å². The maximum Gasteiger partial charge on any atom is 0.222 e. The molecular weight excluding hydrogens is 226 g/mol. The van der Waals surface area contributed by atoms with Gasteiger partial charge in [-0.2, -0.15) is 0 Å². The molecule has 1 unspecified atom stereocenters. The molecule has 18 heavy (non-hydrogen) atoms. The van der Waals surface area contributed by atoms with E-state index in [2.05, 4.69) is 39.2 Å². The zero-order valence-corrected chi connectivity index (χ0v) is 11.6. The molecule has 2 heterocycles. The number of nitrogens with one attached hydrogen (secondary N) is 1. The Balaban J connectivity index is 1.84. The fourth-order valence-electron chi connectivity index (χ4n) is 2.56. The number of hydrogen-bond donors (Lipinski definition) is 1. The number of hydrogen-bond acceptors (Lipinski definition) is 5. The van der Waals surface area contributed by atoms with Crippen molar-refractivity contribution in [1.82, 2.24) is 19.8 Å². The van der Waals surface area contributed by atoms with Crippen LogP contribution in [0.25, 0.3) is 0 Å². The van der Waals surface area contributed by atoms with Gasteiger partial charge >= 0.3 is 0 Å². The van der Waals surface area contributed by atoms with Crippen LogP contribution in [0.3, 0.4) is 0 Å². The second kappa shape index (κ2) is 6.11. The first-order valence-electron chi connectivity index (χ1n) is 6.54. The standard InChI is InChI=1S/C13H23N5/c1-14-13-15-6-4-12(16-13)10-18(3)9-11-5-7-17(2)8-11/h4,6,11H,5,7-10H2,1-3H3,(H,14,15,16). The zero-order valence-electron chi connectivity index (χ0n) is 11.6. The maximum absolute atomic E-state index is 4.45. The average Bonchev–Trinajstić information content (AvgIpc) is 2.74. The highest BCUT2D eigenvalue weighted by molar-refractivity contribution is 5.23. The second-order valence-corrected chi connectivity index (χ2v) is 5.24. The SMILES string of the molecule is CNc1nccc(CN(C)CC2CCN(C)C2)n1. The van der Waals surface area contributed by atoms with Crippen molar-refractivity contribution in [2.45, 2.75) is 13.0 Å². The fraction of sp³-hybridized carbons (Fsp3) is 0.692. The molecule has 0 bridgehead atoms. The molecule has 2 rings (SSSR count). The van der Waals surface area contributed by atoms with Crippen molar-refractivity contribution in [1.29, 1.82) is 0 Å². The minimum Gasteiger partial charge on any atom is -0.357 e. The summed E-state index contributed by atoms with van der Waals surface area (Å²) in [7, 11) is 6.21. The van der Waals surface area contributed by atoms with Crippen molar-refractivity contribution in [3.8, 4) is 0 Å². The Morgan fingerprint density at radius 2 is 2.39 bits per heavy atom. The van der Waals surface area contributed by atoms with Crippen LogP contribution in [0.15, 0.2) is 12.3 Å². The van der Waals surface area contributed by atoms with E-state index in [1.165, 1.54) is 19.5 Å². The molecule has 0 aliphatic carbocycles. The van der Waals surface area contributed by atoms with E-state index in [0.29, 0.717) is 5.95 Å². The normalized spacial score (nSPS) is 20.6. The van der Waals surface area contributed by atoms with Crippen LogP contribution in [0.5, 0.6) is 0 Å². The molecule has 0 spiro atoms. The minimum atomic E-state index is 0.696. The predicted octanol–water partition coefficient (Wildman–Crippen LogP) is 0.902. The van der Waals surface area contributed by atoms with Gasteiger partial charge in [-0.25, -0.2) is 9.97 Å². The summed E-state index contributed by atoms with van der Waals surface area (Å²) in [6.07, 6.45) is 3.12. The molecule has 1 aliphatic rings. The van der Waals surface area contributed by atoms with E-state index in [-0.39, 0.29) is 0 Å². The van der Waals surface area contributed by atoms with Gasteiger partial charge in [-0.05, 0) is 39.0 Å². The Labute approximate surface area is 109 Å². The Morgan fingerprint density at radius 1 is 1.56 bits per heavy atom. The van der Waals surface area contributed by atoms with Gasteiger partial charge < -0.3 is 15.1 Å². The van der Waals surface area contributed by atoms with Crippen molar-refractivity contribution >= 4 is 5.95 Å². The van der Waals surface area contributed by atoms with Gasteiger partial charge in [0.15, 0.2) is 0 Å². The van der Waals surface area contributed by atoms with Crippen LogP contribution in [0, 0.1) is 5.92 Å². The molecule has 5 nitrogen and oxygen atoms in total. The third-order valence-electron chi connectivity index (χ3n) is 3.43. The van der Waals surface area contributed by atoms with Crippen molar-refractivity contribution in [2.75, 3.05) is 46.1 Å². The molecular formula is C13H23N5. The van der Waals surface area contributed by atoms with E-state index >= 15 is 0 Å². The molecule has 1 aromatic heterocycles. The van der Waals surface area contributed by atoms with Crippen molar-refractivity contribution in [3.63, 3.8) is 0 Å². The Hall–Kier alpha value is -1.20. The van der Waals surface area contributed by atoms with Crippen molar-refractivity contribution in [3.05, 3.63) is 18.0 Å². The number of nitrogens with zero attached hydrogens (tertiary/aromatic N) is 4. The Morgan fingerprint density at radius 3 is 3.06 bits per heavy atom. The third kappa shape index (κ3) is 3.65. The molecule has 5 heteroatoms. The van der Waals surface area contributed by atoms with Crippen LogP contribution < -0.4 is 5.32 Å². The van der Waals surface area contributed by atoms with Crippen LogP contribution in [0.2, 0.25) is 0 Å². The van der Waals surface area contributed by atoms with Crippen molar-refractivity contribution < 1.29 is 0 Å². The van der Waals surface area contributed by atoms with Gasteiger partial charge in [-0.1, -0.05) is 0 Å². The van der Waals surface area contributed by atoms with Crippen LogP contribution in [-0.4, -0.2) is 60.5 Å². The lowest BCUT2D eigenvalue weighted by Crippen LogP contribution is -2.27. The molecule has 1 atom stereocenters. The summed E-state index contributed by atoms with van der Waals surface area (Å²) in [5, 5.41) is 2.97. The first-order valence-corrected chi connectivity index (χ1v) is 6.54. The molecule has 0 amide bonds. The topological polar surface area (TPSA) is 44.3 Å². The predicted molar refractivity (Wildman–Crippen MR) is 73.5 cm³/mol. The highest BCUT2D eigenvalue weighted by Crippen LogP contribution is 2.16. The molecule has 1 N–H and O–H groups in total. The molecule has 1 fully saturated rings. The van der Waals surface area contributed by atoms with Crippen LogP contribution in [0.1, 0.15) is 12.1 Å². The summed E-state index contributed by atoms with van der Waals surface area (Å²) < 4.78 is 0. The van der Waals surface area contributed by atoms with Gasteiger partial charge in [0.05, 0.1) is 5.69 Å². The molecule has 100 valence electrons. The summed E-state index contributed by atoms with van der Waals surface area (Å²) in [5.74, 6) is 1.49. The van der Waals surface area contributed by atoms with E-state index in [9.17, 15) is 0 Å². The molecule has 0 radical (unpaired) electrons. The summed E-state index contributed by atoms with van der Waals surface area (Å²) in [4.78, 5) is 13.3.